The first-order valence-corrected chi connectivity index (χ1v) is 8.65. The summed E-state index contributed by atoms with van der Waals surface area (Å²) < 4.78 is 19.3. The van der Waals surface area contributed by atoms with Crippen molar-refractivity contribution in [2.45, 2.75) is 44.6 Å². The molecule has 1 aliphatic carbocycles. The molecular weight excluding hydrogens is 311 g/mol. The number of piperidine rings is 1. The van der Waals surface area contributed by atoms with Gasteiger partial charge >= 0.3 is 0 Å². The summed E-state index contributed by atoms with van der Waals surface area (Å²) in [5.41, 5.74) is 1.07. The molecule has 0 bridgehead atoms. The molecule has 6 heteroatoms. The molecule has 0 aromatic heterocycles. The molecule has 2 fully saturated rings. The summed E-state index contributed by atoms with van der Waals surface area (Å²) in [5.74, 6) is -0.238. The molecular formula is C18H21FN2O3. The van der Waals surface area contributed by atoms with Crippen LogP contribution in [0.4, 0.5) is 10.1 Å². The maximum atomic E-state index is 14.2. The first kappa shape index (κ1) is 15.4. The highest BCUT2D eigenvalue weighted by Crippen LogP contribution is 2.36. The third-order valence-corrected chi connectivity index (χ3v) is 5.40. The Bertz CT molecular complexity index is 691. The van der Waals surface area contributed by atoms with E-state index in [9.17, 15) is 14.0 Å². The van der Waals surface area contributed by atoms with E-state index < -0.39 is 5.82 Å². The van der Waals surface area contributed by atoms with Gasteiger partial charge in [0.15, 0.2) is 18.2 Å². The Kier molecular flexibility index (Phi) is 3.90. The standard InChI is InChI=1S/C18H21FN2O3/c19-13-6-10(7-15-17(13)24-9-16(22)20-15)5-12-8-11-3-1-2-4-14(11)21-18(12)23/h6-7,11-12,14H,1-5,8-9H2,(H,20,22)(H,21,23). The lowest BCUT2D eigenvalue weighted by molar-refractivity contribution is -0.130. The third-order valence-electron chi connectivity index (χ3n) is 5.40. The maximum Gasteiger partial charge on any atom is 0.262 e. The van der Waals surface area contributed by atoms with Crippen LogP contribution < -0.4 is 15.4 Å². The Balaban J connectivity index is 1.52. The van der Waals surface area contributed by atoms with E-state index in [1.165, 1.54) is 18.9 Å². The molecule has 4 rings (SSSR count). The molecule has 0 radical (unpaired) electrons. The smallest absolute Gasteiger partial charge is 0.262 e. The van der Waals surface area contributed by atoms with Crippen LogP contribution in [-0.4, -0.2) is 24.5 Å². The zero-order chi connectivity index (χ0) is 16.7. The van der Waals surface area contributed by atoms with Gasteiger partial charge in [0.2, 0.25) is 5.91 Å². The molecule has 2 aliphatic heterocycles. The number of anilines is 1. The lowest BCUT2D eigenvalue weighted by Crippen LogP contribution is -2.51. The highest BCUT2D eigenvalue weighted by atomic mass is 19.1. The molecule has 2 N–H and O–H groups in total. The normalized spacial score (nSPS) is 29.0. The van der Waals surface area contributed by atoms with Crippen molar-refractivity contribution in [1.29, 1.82) is 0 Å². The molecule has 2 amide bonds. The number of hydrogen-bond acceptors (Lipinski definition) is 3. The van der Waals surface area contributed by atoms with E-state index in [1.807, 2.05) is 0 Å². The summed E-state index contributed by atoms with van der Waals surface area (Å²) in [6.45, 7) is -0.169. The average molecular weight is 332 g/mol. The molecule has 1 aromatic rings. The zero-order valence-corrected chi connectivity index (χ0v) is 13.4. The minimum atomic E-state index is -0.491. The predicted octanol–water partition coefficient (Wildman–Crippen LogP) is 2.39. The van der Waals surface area contributed by atoms with Crippen LogP contribution in [0.5, 0.6) is 5.75 Å². The molecule has 3 atom stereocenters. The summed E-state index contributed by atoms with van der Waals surface area (Å²) in [6, 6.07) is 3.45. The SMILES string of the molecule is O=C1COc2c(F)cc(CC3CC4CCCCC4NC3=O)cc2N1. The Morgan fingerprint density at radius 1 is 1.21 bits per heavy atom. The molecule has 1 saturated carbocycles. The molecule has 3 aliphatic rings. The molecule has 0 spiro atoms. The molecule has 2 heterocycles. The second-order valence-electron chi connectivity index (χ2n) is 7.09. The summed E-state index contributed by atoms with van der Waals surface area (Å²) in [7, 11) is 0. The first-order valence-electron chi connectivity index (χ1n) is 8.65. The minimum absolute atomic E-state index is 0.0663. The highest BCUT2D eigenvalue weighted by molar-refractivity contribution is 5.95. The van der Waals surface area contributed by atoms with Crippen molar-refractivity contribution in [3.8, 4) is 5.75 Å². The number of carbonyl (C=O) groups is 2. The van der Waals surface area contributed by atoms with Gasteiger partial charge in [0.05, 0.1) is 5.69 Å². The van der Waals surface area contributed by atoms with Crippen molar-refractivity contribution in [3.05, 3.63) is 23.5 Å². The Labute approximate surface area is 139 Å². The number of carbonyl (C=O) groups excluding carboxylic acids is 2. The largest absolute Gasteiger partial charge is 0.478 e. The molecule has 24 heavy (non-hydrogen) atoms. The van der Waals surface area contributed by atoms with Crippen LogP contribution in [-0.2, 0) is 16.0 Å². The van der Waals surface area contributed by atoms with Crippen molar-refractivity contribution in [2.24, 2.45) is 11.8 Å². The van der Waals surface area contributed by atoms with Crippen molar-refractivity contribution in [3.63, 3.8) is 0 Å². The van der Waals surface area contributed by atoms with E-state index in [0.29, 0.717) is 29.6 Å². The Morgan fingerprint density at radius 2 is 2.04 bits per heavy atom. The van der Waals surface area contributed by atoms with Gasteiger partial charge in [-0.15, -0.1) is 0 Å². The topological polar surface area (TPSA) is 67.4 Å². The van der Waals surface area contributed by atoms with Crippen molar-refractivity contribution in [2.75, 3.05) is 11.9 Å². The number of amides is 2. The fraction of sp³-hybridized carbons (Fsp3) is 0.556. The fourth-order valence-corrected chi connectivity index (χ4v) is 4.24. The van der Waals surface area contributed by atoms with Gasteiger partial charge in [0.1, 0.15) is 0 Å². The number of hydrogen-bond donors (Lipinski definition) is 2. The average Bonchev–Trinajstić information content (AvgIpc) is 2.55. The van der Waals surface area contributed by atoms with E-state index in [2.05, 4.69) is 10.6 Å². The number of rotatable bonds is 2. The van der Waals surface area contributed by atoms with Crippen LogP contribution in [0.25, 0.3) is 0 Å². The molecule has 5 nitrogen and oxygen atoms in total. The quantitative estimate of drug-likeness (QED) is 0.874. The van der Waals surface area contributed by atoms with E-state index >= 15 is 0 Å². The van der Waals surface area contributed by atoms with Gasteiger partial charge in [0, 0.05) is 12.0 Å². The van der Waals surface area contributed by atoms with E-state index in [-0.39, 0.29) is 30.1 Å². The van der Waals surface area contributed by atoms with Crippen molar-refractivity contribution in [1.82, 2.24) is 5.32 Å². The third kappa shape index (κ3) is 2.85. The van der Waals surface area contributed by atoms with Crippen molar-refractivity contribution >= 4 is 17.5 Å². The van der Waals surface area contributed by atoms with Crippen LogP contribution in [0, 0.1) is 17.7 Å². The number of halogens is 1. The molecule has 3 unspecified atom stereocenters. The summed E-state index contributed by atoms with van der Waals surface area (Å²) >= 11 is 0. The van der Waals surface area contributed by atoms with Gasteiger partial charge in [0.25, 0.3) is 5.91 Å². The lowest BCUT2D eigenvalue weighted by atomic mass is 9.74. The number of benzene rings is 1. The summed E-state index contributed by atoms with van der Waals surface area (Å²) in [6.07, 6.45) is 5.97. The minimum Gasteiger partial charge on any atom is -0.478 e. The Hall–Kier alpha value is -2.11. The molecule has 1 aromatic carbocycles. The monoisotopic (exact) mass is 332 g/mol. The summed E-state index contributed by atoms with van der Waals surface area (Å²) in [4.78, 5) is 23.8. The second-order valence-corrected chi connectivity index (χ2v) is 7.09. The Morgan fingerprint density at radius 3 is 2.92 bits per heavy atom. The molecule has 128 valence electrons. The van der Waals surface area contributed by atoms with Crippen LogP contribution in [0.15, 0.2) is 12.1 Å². The van der Waals surface area contributed by atoms with Gasteiger partial charge in [-0.05, 0) is 49.3 Å². The van der Waals surface area contributed by atoms with Gasteiger partial charge in [-0.3, -0.25) is 9.59 Å². The van der Waals surface area contributed by atoms with Gasteiger partial charge in [-0.1, -0.05) is 12.8 Å². The van der Waals surface area contributed by atoms with E-state index in [1.54, 1.807) is 6.07 Å². The maximum absolute atomic E-state index is 14.2. The van der Waals surface area contributed by atoms with E-state index in [0.717, 1.165) is 19.3 Å². The van der Waals surface area contributed by atoms with Crippen LogP contribution in [0.3, 0.4) is 0 Å². The van der Waals surface area contributed by atoms with Gasteiger partial charge in [-0.25, -0.2) is 4.39 Å². The highest BCUT2D eigenvalue weighted by Gasteiger charge is 2.36. The zero-order valence-electron chi connectivity index (χ0n) is 13.4. The number of nitrogens with one attached hydrogen (secondary N) is 2. The van der Waals surface area contributed by atoms with Crippen molar-refractivity contribution < 1.29 is 18.7 Å². The molecule has 1 saturated heterocycles. The van der Waals surface area contributed by atoms with E-state index in [4.69, 9.17) is 4.74 Å². The summed E-state index contributed by atoms with van der Waals surface area (Å²) in [5, 5.41) is 5.78. The van der Waals surface area contributed by atoms with Crippen LogP contribution in [0.1, 0.15) is 37.7 Å². The first-order chi connectivity index (χ1) is 11.6. The number of fused-ring (bicyclic) bond motifs is 2. The second kappa shape index (κ2) is 6.07. The van der Waals surface area contributed by atoms with Gasteiger partial charge in [-0.2, -0.15) is 0 Å². The predicted molar refractivity (Wildman–Crippen MR) is 86.2 cm³/mol. The fourth-order valence-electron chi connectivity index (χ4n) is 4.24. The number of ether oxygens (including phenoxy) is 1. The lowest BCUT2D eigenvalue weighted by Gasteiger charge is -2.39. The van der Waals surface area contributed by atoms with Crippen LogP contribution in [0.2, 0.25) is 0 Å². The van der Waals surface area contributed by atoms with Gasteiger partial charge < -0.3 is 15.4 Å². The van der Waals surface area contributed by atoms with Crippen LogP contribution >= 0.6 is 0 Å².